The number of aromatic nitrogens is 2. The molecule has 0 N–H and O–H groups in total. The Kier molecular flexibility index (Phi) is 4.41. The fraction of sp³-hybridized carbons (Fsp3) is 0.214. The van der Waals surface area contributed by atoms with Gasteiger partial charge < -0.3 is 0 Å². The van der Waals surface area contributed by atoms with Crippen LogP contribution in [0.1, 0.15) is 22.6 Å². The first-order chi connectivity index (χ1) is 9.10. The molecular formula is C14H12ClN3S. The molecule has 1 aromatic heterocycles. The predicted molar refractivity (Wildman–Crippen MR) is 77.2 cm³/mol. The zero-order valence-corrected chi connectivity index (χ0v) is 12.2. The Morgan fingerprint density at radius 1 is 1.21 bits per heavy atom. The van der Waals surface area contributed by atoms with Crippen LogP contribution < -0.4 is 0 Å². The number of aryl methyl sites for hydroxylation is 2. The Morgan fingerprint density at radius 2 is 1.89 bits per heavy atom. The predicted octanol–water partition coefficient (Wildman–Crippen LogP) is 3.91. The maximum atomic E-state index is 9.16. The lowest BCUT2D eigenvalue weighted by Gasteiger charge is -2.06. The Labute approximate surface area is 121 Å². The SMILES string of the molecule is Cc1nc(C)c(C#N)c(SCc2ccc(Cl)cc2)n1. The third-order valence-corrected chi connectivity index (χ3v) is 3.87. The fourth-order valence-corrected chi connectivity index (χ4v) is 2.80. The van der Waals surface area contributed by atoms with Crippen LogP contribution in [0.15, 0.2) is 29.3 Å². The third-order valence-electron chi connectivity index (χ3n) is 2.57. The first-order valence-electron chi connectivity index (χ1n) is 5.72. The smallest absolute Gasteiger partial charge is 0.126 e. The van der Waals surface area contributed by atoms with Crippen LogP contribution in [0.2, 0.25) is 5.02 Å². The first kappa shape index (κ1) is 13.9. The van der Waals surface area contributed by atoms with Crippen molar-refractivity contribution < 1.29 is 0 Å². The molecule has 19 heavy (non-hydrogen) atoms. The molecule has 2 aromatic rings. The highest BCUT2D eigenvalue weighted by Crippen LogP contribution is 2.26. The molecule has 0 aliphatic carbocycles. The first-order valence-corrected chi connectivity index (χ1v) is 7.09. The van der Waals surface area contributed by atoms with Gasteiger partial charge in [-0.1, -0.05) is 23.7 Å². The average molecular weight is 290 g/mol. The molecule has 2 rings (SSSR count). The highest BCUT2D eigenvalue weighted by Gasteiger charge is 2.10. The van der Waals surface area contributed by atoms with E-state index in [-0.39, 0.29) is 0 Å². The van der Waals surface area contributed by atoms with E-state index < -0.39 is 0 Å². The normalized spacial score (nSPS) is 10.2. The molecule has 0 saturated carbocycles. The van der Waals surface area contributed by atoms with E-state index in [1.54, 1.807) is 11.8 Å². The van der Waals surface area contributed by atoms with Gasteiger partial charge in [0.25, 0.3) is 0 Å². The van der Waals surface area contributed by atoms with Gasteiger partial charge in [-0.05, 0) is 31.5 Å². The van der Waals surface area contributed by atoms with E-state index in [0.29, 0.717) is 11.4 Å². The molecule has 0 saturated heterocycles. The van der Waals surface area contributed by atoms with Crippen molar-refractivity contribution >= 4 is 23.4 Å². The minimum Gasteiger partial charge on any atom is -0.237 e. The van der Waals surface area contributed by atoms with Gasteiger partial charge in [0.15, 0.2) is 0 Å². The third kappa shape index (κ3) is 3.46. The maximum Gasteiger partial charge on any atom is 0.126 e. The number of rotatable bonds is 3. The van der Waals surface area contributed by atoms with Gasteiger partial charge in [-0.15, -0.1) is 11.8 Å². The van der Waals surface area contributed by atoms with E-state index in [1.165, 1.54) is 0 Å². The molecule has 5 heteroatoms. The van der Waals surface area contributed by atoms with E-state index in [4.69, 9.17) is 16.9 Å². The highest BCUT2D eigenvalue weighted by molar-refractivity contribution is 7.98. The quantitative estimate of drug-likeness (QED) is 0.635. The zero-order valence-electron chi connectivity index (χ0n) is 10.6. The number of halogens is 1. The Morgan fingerprint density at radius 3 is 2.53 bits per heavy atom. The van der Waals surface area contributed by atoms with E-state index in [1.807, 2.05) is 38.1 Å². The summed E-state index contributed by atoms with van der Waals surface area (Å²) in [6, 6.07) is 9.84. The monoisotopic (exact) mass is 289 g/mol. The van der Waals surface area contributed by atoms with Crippen molar-refractivity contribution in [2.24, 2.45) is 0 Å². The van der Waals surface area contributed by atoms with Crippen molar-refractivity contribution in [2.75, 3.05) is 0 Å². The van der Waals surface area contributed by atoms with Crippen LogP contribution in [0, 0.1) is 25.2 Å². The lowest BCUT2D eigenvalue weighted by molar-refractivity contribution is 0.923. The molecule has 1 heterocycles. The van der Waals surface area contributed by atoms with Crippen LogP contribution in [-0.4, -0.2) is 9.97 Å². The van der Waals surface area contributed by atoms with Crippen molar-refractivity contribution in [3.63, 3.8) is 0 Å². The zero-order chi connectivity index (χ0) is 13.8. The standard InChI is InChI=1S/C14H12ClN3S/c1-9-13(7-16)14(18-10(2)17-9)19-8-11-3-5-12(15)6-4-11/h3-6H,8H2,1-2H3. The second kappa shape index (κ2) is 6.05. The van der Waals surface area contributed by atoms with Gasteiger partial charge in [-0.2, -0.15) is 5.26 Å². The maximum absolute atomic E-state index is 9.16. The van der Waals surface area contributed by atoms with Gasteiger partial charge in [-0.3, -0.25) is 0 Å². The molecule has 0 atom stereocenters. The van der Waals surface area contributed by atoms with Gasteiger partial charge in [0.05, 0.1) is 5.69 Å². The summed E-state index contributed by atoms with van der Waals surface area (Å²) in [5, 5.41) is 10.6. The van der Waals surface area contributed by atoms with Crippen LogP contribution in [0.3, 0.4) is 0 Å². The number of thioether (sulfide) groups is 1. The van der Waals surface area contributed by atoms with Gasteiger partial charge in [0, 0.05) is 10.8 Å². The highest BCUT2D eigenvalue weighted by atomic mass is 35.5. The van der Waals surface area contributed by atoms with Crippen LogP contribution in [0.4, 0.5) is 0 Å². The van der Waals surface area contributed by atoms with Gasteiger partial charge in [0.2, 0.25) is 0 Å². The van der Waals surface area contributed by atoms with Crippen LogP contribution in [0.5, 0.6) is 0 Å². The van der Waals surface area contributed by atoms with Crippen molar-refractivity contribution in [3.8, 4) is 6.07 Å². The molecular weight excluding hydrogens is 278 g/mol. The van der Waals surface area contributed by atoms with E-state index in [0.717, 1.165) is 27.1 Å². The summed E-state index contributed by atoms with van der Waals surface area (Å²) < 4.78 is 0. The number of hydrogen-bond acceptors (Lipinski definition) is 4. The second-order valence-electron chi connectivity index (χ2n) is 4.06. The number of nitriles is 1. The summed E-state index contributed by atoms with van der Waals surface area (Å²) in [6.07, 6.45) is 0. The molecule has 1 aromatic carbocycles. The summed E-state index contributed by atoms with van der Waals surface area (Å²) in [5.74, 6) is 1.44. The van der Waals surface area contributed by atoms with E-state index >= 15 is 0 Å². The number of nitrogens with zero attached hydrogens (tertiary/aromatic N) is 3. The fourth-order valence-electron chi connectivity index (χ4n) is 1.65. The Bertz CT molecular complexity index is 632. The Hall–Kier alpha value is -1.57. The minimum atomic E-state index is 0.560. The molecule has 0 aliphatic heterocycles. The summed E-state index contributed by atoms with van der Waals surface area (Å²) in [5.41, 5.74) is 2.44. The van der Waals surface area contributed by atoms with Crippen LogP contribution in [0.25, 0.3) is 0 Å². The topological polar surface area (TPSA) is 49.6 Å². The van der Waals surface area contributed by atoms with E-state index in [9.17, 15) is 0 Å². The van der Waals surface area contributed by atoms with Crippen molar-refractivity contribution in [3.05, 3.63) is 51.9 Å². The molecule has 0 radical (unpaired) electrons. The van der Waals surface area contributed by atoms with Crippen molar-refractivity contribution in [1.29, 1.82) is 5.26 Å². The van der Waals surface area contributed by atoms with Crippen molar-refractivity contribution in [1.82, 2.24) is 9.97 Å². The van der Waals surface area contributed by atoms with Crippen LogP contribution in [-0.2, 0) is 5.75 Å². The molecule has 0 aliphatic rings. The molecule has 3 nitrogen and oxygen atoms in total. The average Bonchev–Trinajstić information content (AvgIpc) is 2.37. The second-order valence-corrected chi connectivity index (χ2v) is 5.46. The summed E-state index contributed by atoms with van der Waals surface area (Å²) in [6.45, 7) is 3.67. The minimum absolute atomic E-state index is 0.560. The lowest BCUT2D eigenvalue weighted by Crippen LogP contribution is -1.99. The summed E-state index contributed by atoms with van der Waals surface area (Å²) >= 11 is 7.39. The molecule has 0 amide bonds. The molecule has 0 bridgehead atoms. The Balaban J connectivity index is 2.20. The van der Waals surface area contributed by atoms with Crippen molar-refractivity contribution in [2.45, 2.75) is 24.6 Å². The molecule has 0 fully saturated rings. The van der Waals surface area contributed by atoms with Gasteiger partial charge in [0.1, 0.15) is 22.5 Å². The molecule has 96 valence electrons. The van der Waals surface area contributed by atoms with E-state index in [2.05, 4.69) is 16.0 Å². The van der Waals surface area contributed by atoms with Gasteiger partial charge in [-0.25, -0.2) is 9.97 Å². The number of benzene rings is 1. The summed E-state index contributed by atoms with van der Waals surface area (Å²) in [7, 11) is 0. The lowest BCUT2D eigenvalue weighted by atomic mass is 10.2. The number of hydrogen-bond donors (Lipinski definition) is 0. The molecule has 0 unspecified atom stereocenters. The molecule has 0 spiro atoms. The van der Waals surface area contributed by atoms with Gasteiger partial charge >= 0.3 is 0 Å². The largest absolute Gasteiger partial charge is 0.237 e. The summed E-state index contributed by atoms with van der Waals surface area (Å²) in [4.78, 5) is 8.55. The van der Waals surface area contributed by atoms with Crippen LogP contribution >= 0.6 is 23.4 Å².